The van der Waals surface area contributed by atoms with E-state index in [1.54, 1.807) is 47.4 Å². The quantitative estimate of drug-likeness (QED) is 0.409. The summed E-state index contributed by atoms with van der Waals surface area (Å²) in [5.41, 5.74) is 1.83. The average Bonchev–Trinajstić information content (AvgIpc) is 3.11. The van der Waals surface area contributed by atoms with Crippen LogP contribution < -0.4 is 5.56 Å². The van der Waals surface area contributed by atoms with Gasteiger partial charge in [0, 0.05) is 22.3 Å². The van der Waals surface area contributed by atoms with Crippen molar-refractivity contribution in [2.75, 3.05) is 0 Å². The predicted octanol–water partition coefficient (Wildman–Crippen LogP) is 4.93. The topological polar surface area (TPSA) is 69.8 Å². The molecule has 31 heavy (non-hydrogen) atoms. The van der Waals surface area contributed by atoms with Crippen LogP contribution in [0.15, 0.2) is 59.7 Å². The average molecular weight is 455 g/mol. The molecule has 0 amide bonds. The Morgan fingerprint density at radius 2 is 1.77 bits per heavy atom. The molecule has 2 heterocycles. The van der Waals surface area contributed by atoms with E-state index in [1.165, 1.54) is 4.68 Å². The van der Waals surface area contributed by atoms with Gasteiger partial charge in [0.2, 0.25) is 0 Å². The number of rotatable bonds is 4. The molecule has 0 unspecified atom stereocenters. The largest absolute Gasteiger partial charge is 0.289 e. The number of hydrogen-bond donors (Lipinski definition) is 0. The zero-order valence-corrected chi connectivity index (χ0v) is 18.8. The van der Waals surface area contributed by atoms with Crippen molar-refractivity contribution in [2.45, 2.75) is 32.9 Å². The van der Waals surface area contributed by atoms with Crippen LogP contribution in [0.25, 0.3) is 10.9 Å². The number of halogens is 2. The minimum atomic E-state index is -0.414. The van der Waals surface area contributed by atoms with Crippen LogP contribution in [0.1, 0.15) is 42.3 Å². The lowest BCUT2D eigenvalue weighted by Gasteiger charge is -2.19. The molecule has 2 aromatic heterocycles. The third-order valence-corrected chi connectivity index (χ3v) is 5.43. The van der Waals surface area contributed by atoms with E-state index in [9.17, 15) is 9.59 Å². The summed E-state index contributed by atoms with van der Waals surface area (Å²) in [6.07, 6.45) is 3.34. The summed E-state index contributed by atoms with van der Waals surface area (Å²) < 4.78 is 3.16. The summed E-state index contributed by atoms with van der Waals surface area (Å²) in [5, 5.41) is 10.0. The highest BCUT2D eigenvalue weighted by molar-refractivity contribution is 6.37. The van der Waals surface area contributed by atoms with Gasteiger partial charge in [0.05, 0.1) is 28.7 Å². The molecule has 2 aromatic carbocycles. The van der Waals surface area contributed by atoms with E-state index in [2.05, 4.69) is 10.2 Å². The number of aromatic nitrogens is 4. The molecule has 0 saturated heterocycles. The Bertz CT molecular complexity index is 1350. The molecule has 0 aliphatic heterocycles. The summed E-state index contributed by atoms with van der Waals surface area (Å²) >= 11 is 12.1. The first-order valence-corrected chi connectivity index (χ1v) is 10.4. The normalized spacial score (nSPS) is 11.8. The lowest BCUT2D eigenvalue weighted by molar-refractivity contribution is 0.103. The van der Waals surface area contributed by atoms with E-state index in [4.69, 9.17) is 23.2 Å². The number of hydrogen-bond acceptors (Lipinski definition) is 4. The molecule has 0 aliphatic rings. The fourth-order valence-corrected chi connectivity index (χ4v) is 3.81. The maximum absolute atomic E-state index is 12.7. The molecular formula is C23H20Cl2N4O2. The first-order chi connectivity index (χ1) is 14.6. The van der Waals surface area contributed by atoms with Crippen LogP contribution in [-0.4, -0.2) is 25.3 Å². The van der Waals surface area contributed by atoms with Gasteiger partial charge in [-0.1, -0.05) is 47.5 Å². The Labute approximate surface area is 189 Å². The molecule has 8 heteroatoms. The number of fused-ring (bicyclic) bond motifs is 1. The smallest absolute Gasteiger partial charge is 0.278 e. The zero-order valence-electron chi connectivity index (χ0n) is 17.3. The molecule has 0 N–H and O–H groups in total. The van der Waals surface area contributed by atoms with Crippen molar-refractivity contribution in [1.29, 1.82) is 0 Å². The second kappa shape index (κ2) is 7.94. The van der Waals surface area contributed by atoms with Crippen LogP contribution in [0.4, 0.5) is 0 Å². The first-order valence-electron chi connectivity index (χ1n) is 9.68. The summed E-state index contributed by atoms with van der Waals surface area (Å²) in [7, 11) is 0. The van der Waals surface area contributed by atoms with Gasteiger partial charge < -0.3 is 0 Å². The van der Waals surface area contributed by atoms with Crippen molar-refractivity contribution in [3.8, 4) is 0 Å². The minimum absolute atomic E-state index is 0.169. The Kier molecular flexibility index (Phi) is 5.45. The molecule has 4 rings (SSSR count). The highest BCUT2D eigenvalue weighted by Gasteiger charge is 2.19. The maximum atomic E-state index is 12.7. The standard InChI is InChI=1S/C23H20Cl2N4O2/c1-23(2,3)29-22(31)18-13-28(27-20(18)11-26-29)12-14-4-6-15(7-5-14)21(30)17-9-8-16(24)10-19(17)25/h4-11,13H,12H2,1-3H3. The zero-order chi connectivity index (χ0) is 22.3. The van der Waals surface area contributed by atoms with Crippen LogP contribution in [0.5, 0.6) is 0 Å². The highest BCUT2D eigenvalue weighted by Crippen LogP contribution is 2.24. The molecular weight excluding hydrogens is 435 g/mol. The van der Waals surface area contributed by atoms with Gasteiger partial charge in [0.15, 0.2) is 5.78 Å². The number of carbonyl (C=O) groups is 1. The van der Waals surface area contributed by atoms with E-state index in [1.807, 2.05) is 32.9 Å². The van der Waals surface area contributed by atoms with Crippen LogP contribution in [0.2, 0.25) is 10.0 Å². The summed E-state index contributed by atoms with van der Waals surface area (Å²) in [6, 6.07) is 12.0. The van der Waals surface area contributed by atoms with Gasteiger partial charge in [0.1, 0.15) is 5.52 Å². The monoisotopic (exact) mass is 454 g/mol. The van der Waals surface area contributed by atoms with Crippen molar-refractivity contribution < 1.29 is 4.79 Å². The van der Waals surface area contributed by atoms with E-state index in [-0.39, 0.29) is 11.3 Å². The van der Waals surface area contributed by atoms with Gasteiger partial charge in [-0.15, -0.1) is 0 Å². The Balaban J connectivity index is 1.58. The predicted molar refractivity (Wildman–Crippen MR) is 122 cm³/mol. The lowest BCUT2D eigenvalue weighted by Crippen LogP contribution is -2.35. The van der Waals surface area contributed by atoms with Crippen LogP contribution in [0.3, 0.4) is 0 Å². The molecule has 4 aromatic rings. The van der Waals surface area contributed by atoms with Crippen LogP contribution in [0, 0.1) is 0 Å². The SMILES string of the molecule is CC(C)(C)n1ncc2nn(Cc3ccc(C(=O)c4ccc(Cl)cc4Cl)cc3)cc2c1=O. The van der Waals surface area contributed by atoms with Gasteiger partial charge in [0.25, 0.3) is 5.56 Å². The number of benzene rings is 2. The third-order valence-electron chi connectivity index (χ3n) is 4.88. The molecule has 0 aliphatic carbocycles. The van der Waals surface area contributed by atoms with E-state index >= 15 is 0 Å². The van der Waals surface area contributed by atoms with Gasteiger partial charge >= 0.3 is 0 Å². The number of nitrogens with zero attached hydrogens (tertiary/aromatic N) is 4. The summed E-state index contributed by atoms with van der Waals surface area (Å²) in [6.45, 7) is 6.24. The Morgan fingerprint density at radius 3 is 2.42 bits per heavy atom. The third kappa shape index (κ3) is 4.27. The van der Waals surface area contributed by atoms with Crippen LogP contribution >= 0.6 is 23.2 Å². The fourth-order valence-electron chi connectivity index (χ4n) is 3.31. The van der Waals surface area contributed by atoms with Crippen molar-refractivity contribution in [1.82, 2.24) is 19.6 Å². The molecule has 0 radical (unpaired) electrons. The molecule has 0 atom stereocenters. The Hall–Kier alpha value is -2.96. The van der Waals surface area contributed by atoms with Crippen molar-refractivity contribution in [3.63, 3.8) is 0 Å². The molecule has 0 spiro atoms. The van der Waals surface area contributed by atoms with Crippen molar-refractivity contribution >= 4 is 39.9 Å². The molecule has 0 saturated carbocycles. The molecule has 158 valence electrons. The molecule has 0 bridgehead atoms. The van der Waals surface area contributed by atoms with E-state index < -0.39 is 5.54 Å². The summed E-state index contributed by atoms with van der Waals surface area (Å²) in [4.78, 5) is 25.5. The lowest BCUT2D eigenvalue weighted by atomic mass is 10.0. The summed E-state index contributed by atoms with van der Waals surface area (Å²) in [5.74, 6) is -0.174. The van der Waals surface area contributed by atoms with Crippen molar-refractivity contribution in [3.05, 3.63) is 91.9 Å². The van der Waals surface area contributed by atoms with Gasteiger partial charge in [-0.2, -0.15) is 10.2 Å². The van der Waals surface area contributed by atoms with E-state index in [0.29, 0.717) is 38.6 Å². The second-order valence-corrected chi connectivity index (χ2v) is 9.15. The van der Waals surface area contributed by atoms with Gasteiger partial charge in [-0.3, -0.25) is 14.3 Å². The second-order valence-electron chi connectivity index (χ2n) is 8.31. The fraction of sp³-hybridized carbons (Fsp3) is 0.217. The van der Waals surface area contributed by atoms with Gasteiger partial charge in [-0.25, -0.2) is 4.68 Å². The van der Waals surface area contributed by atoms with Crippen molar-refractivity contribution in [2.24, 2.45) is 0 Å². The first kappa shape index (κ1) is 21.3. The maximum Gasteiger partial charge on any atom is 0.278 e. The van der Waals surface area contributed by atoms with E-state index in [0.717, 1.165) is 5.56 Å². The van der Waals surface area contributed by atoms with Gasteiger partial charge in [-0.05, 0) is 44.5 Å². The number of carbonyl (C=O) groups excluding carboxylic acids is 1. The highest BCUT2D eigenvalue weighted by atomic mass is 35.5. The molecule has 6 nitrogen and oxygen atoms in total. The molecule has 0 fully saturated rings. The Morgan fingerprint density at radius 1 is 1.06 bits per heavy atom. The minimum Gasteiger partial charge on any atom is -0.289 e. The number of ketones is 1. The van der Waals surface area contributed by atoms with Crippen LogP contribution in [-0.2, 0) is 12.1 Å².